The van der Waals surface area contributed by atoms with Crippen molar-refractivity contribution in [2.75, 3.05) is 6.54 Å². The van der Waals surface area contributed by atoms with E-state index in [-0.39, 0.29) is 5.56 Å². The predicted molar refractivity (Wildman–Crippen MR) is 63.4 cm³/mol. The van der Waals surface area contributed by atoms with Gasteiger partial charge in [-0.3, -0.25) is 30.3 Å². The molecule has 9 heteroatoms. The van der Waals surface area contributed by atoms with Crippen LogP contribution >= 0.6 is 0 Å². The zero-order valence-electron chi connectivity index (χ0n) is 9.96. The molecule has 102 valence electrons. The second-order valence-corrected chi connectivity index (χ2v) is 4.09. The van der Waals surface area contributed by atoms with Gasteiger partial charge in [0, 0.05) is 4.92 Å². The predicted octanol–water partition coefficient (Wildman–Crippen LogP) is 1.32. The van der Waals surface area contributed by atoms with Gasteiger partial charge >= 0.3 is 5.66 Å². The van der Waals surface area contributed by atoms with Crippen LogP contribution in [0.1, 0.15) is 18.4 Å². The van der Waals surface area contributed by atoms with Crippen LogP contribution in [0, 0.1) is 30.3 Å². The largest absolute Gasteiger partial charge is 0.468 e. The van der Waals surface area contributed by atoms with Crippen molar-refractivity contribution in [1.82, 2.24) is 0 Å². The molecule has 0 aliphatic rings. The Labute approximate surface area is 107 Å². The standard InChI is InChI=1S/C10H11N3O6/c1-10(12(16)17,13(18)19)9(7-11(14)15)8-5-3-2-4-6-8/h2-6,9H,7H2,1H3/t9-/m1/s1. The molecular weight excluding hydrogens is 258 g/mol. The fraction of sp³-hybridized carbons (Fsp3) is 0.400. The molecule has 0 aliphatic heterocycles. The average molecular weight is 269 g/mol. The summed E-state index contributed by atoms with van der Waals surface area (Å²) in [5.41, 5.74) is -2.45. The van der Waals surface area contributed by atoms with Crippen molar-refractivity contribution in [1.29, 1.82) is 0 Å². The summed E-state index contributed by atoms with van der Waals surface area (Å²) in [5.74, 6) is -1.45. The molecule has 0 saturated heterocycles. The van der Waals surface area contributed by atoms with Crippen LogP contribution in [0.2, 0.25) is 0 Å². The molecule has 1 atom stereocenters. The Morgan fingerprint density at radius 3 is 1.89 bits per heavy atom. The summed E-state index contributed by atoms with van der Waals surface area (Å²) in [6.07, 6.45) is 0. The molecule has 0 amide bonds. The lowest BCUT2D eigenvalue weighted by molar-refractivity contribution is -0.799. The van der Waals surface area contributed by atoms with E-state index in [2.05, 4.69) is 0 Å². The van der Waals surface area contributed by atoms with E-state index in [0.717, 1.165) is 6.92 Å². The van der Waals surface area contributed by atoms with Crippen molar-refractivity contribution in [3.8, 4) is 0 Å². The Balaban J connectivity index is 3.34. The summed E-state index contributed by atoms with van der Waals surface area (Å²) < 4.78 is 0. The fourth-order valence-electron chi connectivity index (χ4n) is 1.75. The van der Waals surface area contributed by atoms with E-state index >= 15 is 0 Å². The molecular formula is C10H11N3O6. The Morgan fingerprint density at radius 1 is 1.05 bits per heavy atom. The van der Waals surface area contributed by atoms with Gasteiger partial charge in [0.05, 0.1) is 16.8 Å². The SMILES string of the molecule is CC([C@H](C[N+](=O)[O-])c1ccccc1)([N+](=O)[O-])[N+](=O)[O-]. The van der Waals surface area contributed by atoms with Crippen LogP contribution < -0.4 is 0 Å². The second-order valence-electron chi connectivity index (χ2n) is 4.09. The number of nitro groups is 3. The van der Waals surface area contributed by atoms with Gasteiger partial charge in [0.15, 0.2) is 5.92 Å². The summed E-state index contributed by atoms with van der Waals surface area (Å²) in [4.78, 5) is 29.7. The molecule has 19 heavy (non-hydrogen) atoms. The highest BCUT2D eigenvalue weighted by atomic mass is 16.7. The minimum Gasteiger partial charge on any atom is -0.265 e. The minimum atomic E-state index is -2.64. The van der Waals surface area contributed by atoms with Gasteiger partial charge in [0.1, 0.15) is 0 Å². The Kier molecular flexibility index (Phi) is 4.10. The molecule has 0 spiro atoms. The van der Waals surface area contributed by atoms with Crippen LogP contribution in [0.3, 0.4) is 0 Å². The smallest absolute Gasteiger partial charge is 0.265 e. The van der Waals surface area contributed by atoms with E-state index in [1.165, 1.54) is 24.3 Å². The zero-order chi connectivity index (χ0) is 14.6. The van der Waals surface area contributed by atoms with Gasteiger partial charge in [-0.25, -0.2) is 0 Å². The molecule has 0 aromatic heterocycles. The van der Waals surface area contributed by atoms with E-state index in [1.807, 2.05) is 0 Å². The molecule has 1 aromatic rings. The Hall–Kier alpha value is -2.58. The molecule has 0 heterocycles. The zero-order valence-corrected chi connectivity index (χ0v) is 9.96. The highest BCUT2D eigenvalue weighted by Crippen LogP contribution is 2.31. The minimum absolute atomic E-state index is 0.190. The van der Waals surface area contributed by atoms with Crippen LogP contribution in [0.4, 0.5) is 0 Å². The molecule has 9 nitrogen and oxygen atoms in total. The lowest BCUT2D eigenvalue weighted by atomic mass is 9.87. The van der Waals surface area contributed by atoms with Crippen molar-refractivity contribution in [3.05, 3.63) is 66.2 Å². The highest BCUT2D eigenvalue weighted by Gasteiger charge is 2.60. The van der Waals surface area contributed by atoms with E-state index in [0.29, 0.717) is 0 Å². The Morgan fingerprint density at radius 2 is 1.53 bits per heavy atom. The lowest BCUT2D eigenvalue weighted by Crippen LogP contribution is -2.50. The third kappa shape index (κ3) is 2.81. The van der Waals surface area contributed by atoms with E-state index in [1.54, 1.807) is 6.07 Å². The molecule has 0 N–H and O–H groups in total. The van der Waals surface area contributed by atoms with Crippen LogP contribution in [-0.2, 0) is 0 Å². The summed E-state index contributed by atoms with van der Waals surface area (Å²) in [5, 5.41) is 32.6. The fourth-order valence-corrected chi connectivity index (χ4v) is 1.75. The van der Waals surface area contributed by atoms with Crippen LogP contribution in [0.5, 0.6) is 0 Å². The first kappa shape index (κ1) is 14.5. The van der Waals surface area contributed by atoms with Crippen molar-refractivity contribution in [3.63, 3.8) is 0 Å². The monoisotopic (exact) mass is 269 g/mol. The molecule has 0 unspecified atom stereocenters. The second kappa shape index (κ2) is 5.38. The van der Waals surface area contributed by atoms with Crippen LogP contribution in [0.25, 0.3) is 0 Å². The molecule has 0 radical (unpaired) electrons. The maximum absolute atomic E-state index is 11.0. The topological polar surface area (TPSA) is 129 Å². The van der Waals surface area contributed by atoms with Gasteiger partial charge < -0.3 is 0 Å². The lowest BCUT2D eigenvalue weighted by Gasteiger charge is -2.20. The van der Waals surface area contributed by atoms with Gasteiger partial charge in [-0.15, -0.1) is 0 Å². The third-order valence-electron chi connectivity index (χ3n) is 2.93. The van der Waals surface area contributed by atoms with Crippen LogP contribution in [-0.4, -0.2) is 27.0 Å². The first-order chi connectivity index (χ1) is 8.80. The van der Waals surface area contributed by atoms with E-state index < -0.39 is 32.9 Å². The van der Waals surface area contributed by atoms with E-state index in [4.69, 9.17) is 0 Å². The van der Waals surface area contributed by atoms with Crippen molar-refractivity contribution in [2.45, 2.75) is 18.5 Å². The summed E-state index contributed by atoms with van der Waals surface area (Å²) in [6.45, 7) is -0.101. The molecule has 0 aliphatic carbocycles. The molecule has 1 aromatic carbocycles. The molecule has 0 bridgehead atoms. The first-order valence-corrected chi connectivity index (χ1v) is 5.26. The average Bonchev–Trinajstić information content (AvgIpc) is 2.35. The number of rotatable bonds is 6. The van der Waals surface area contributed by atoms with Gasteiger partial charge in [-0.2, -0.15) is 0 Å². The normalized spacial score (nSPS) is 12.7. The maximum atomic E-state index is 11.0. The number of benzene rings is 1. The summed E-state index contributed by atoms with van der Waals surface area (Å²) in [7, 11) is 0. The van der Waals surface area contributed by atoms with Gasteiger partial charge in [-0.1, -0.05) is 30.3 Å². The van der Waals surface area contributed by atoms with Crippen LogP contribution in [0.15, 0.2) is 30.3 Å². The maximum Gasteiger partial charge on any atom is 0.468 e. The highest BCUT2D eigenvalue weighted by molar-refractivity contribution is 5.21. The van der Waals surface area contributed by atoms with Gasteiger partial charge in [0.2, 0.25) is 6.54 Å². The van der Waals surface area contributed by atoms with Gasteiger partial charge in [0.25, 0.3) is 0 Å². The first-order valence-electron chi connectivity index (χ1n) is 5.26. The van der Waals surface area contributed by atoms with Crippen molar-refractivity contribution in [2.24, 2.45) is 0 Å². The molecule has 0 saturated carbocycles. The van der Waals surface area contributed by atoms with Crippen molar-refractivity contribution < 1.29 is 14.8 Å². The van der Waals surface area contributed by atoms with Crippen molar-refractivity contribution >= 4 is 0 Å². The van der Waals surface area contributed by atoms with E-state index in [9.17, 15) is 30.3 Å². The number of hydrogen-bond donors (Lipinski definition) is 0. The quantitative estimate of drug-likeness (QED) is 0.435. The third-order valence-corrected chi connectivity index (χ3v) is 2.93. The number of nitrogens with zero attached hydrogens (tertiary/aromatic N) is 3. The van der Waals surface area contributed by atoms with Gasteiger partial charge in [-0.05, 0) is 5.56 Å². The summed E-state index contributed by atoms with van der Waals surface area (Å²) in [6, 6.07) is 7.45. The summed E-state index contributed by atoms with van der Waals surface area (Å²) >= 11 is 0. The number of hydrogen-bond acceptors (Lipinski definition) is 6. The Bertz CT molecular complexity index is 489. The molecule has 1 rings (SSSR count). The molecule has 0 fully saturated rings.